The molecule has 0 heterocycles. The largest absolute Gasteiger partial charge is 0.493 e. The molecule has 2 rings (SSSR count). The highest BCUT2D eigenvalue weighted by molar-refractivity contribution is 7.80. The fraction of sp³-hybridized carbons (Fsp3) is 0.667. The van der Waals surface area contributed by atoms with Crippen LogP contribution in [0.5, 0.6) is 5.75 Å². The fourth-order valence-corrected chi connectivity index (χ4v) is 3.42. The van der Waals surface area contributed by atoms with Crippen molar-refractivity contribution in [1.29, 1.82) is 0 Å². The van der Waals surface area contributed by atoms with E-state index in [1.807, 2.05) is 0 Å². The first-order valence-electron chi connectivity index (χ1n) is 8.03. The van der Waals surface area contributed by atoms with Gasteiger partial charge in [0.15, 0.2) is 0 Å². The summed E-state index contributed by atoms with van der Waals surface area (Å²) in [7, 11) is 0. The van der Waals surface area contributed by atoms with Crippen molar-refractivity contribution in [2.24, 2.45) is 5.41 Å². The van der Waals surface area contributed by atoms with Crippen molar-refractivity contribution in [3.05, 3.63) is 29.8 Å². The fourth-order valence-electron chi connectivity index (χ4n) is 3.01. The first kappa shape index (κ1) is 15.8. The Morgan fingerprint density at radius 1 is 1.15 bits per heavy atom. The first-order valence-corrected chi connectivity index (χ1v) is 8.66. The predicted molar refractivity (Wildman–Crippen MR) is 90.0 cm³/mol. The zero-order chi connectivity index (χ0) is 14.4. The molecule has 0 aromatic heterocycles. The number of ether oxygens (including phenoxy) is 1. The van der Waals surface area contributed by atoms with E-state index in [9.17, 15) is 0 Å². The molecular formula is C18H28OS. The van der Waals surface area contributed by atoms with Crippen molar-refractivity contribution in [1.82, 2.24) is 0 Å². The molecule has 1 aromatic carbocycles. The van der Waals surface area contributed by atoms with Crippen LogP contribution in [0, 0.1) is 5.41 Å². The summed E-state index contributed by atoms with van der Waals surface area (Å²) < 4.78 is 6.06. The van der Waals surface area contributed by atoms with Gasteiger partial charge in [0.25, 0.3) is 0 Å². The van der Waals surface area contributed by atoms with Crippen LogP contribution >= 0.6 is 12.6 Å². The van der Waals surface area contributed by atoms with Gasteiger partial charge in [-0.2, -0.15) is 12.6 Å². The number of rotatable bonds is 6. The van der Waals surface area contributed by atoms with E-state index in [-0.39, 0.29) is 0 Å². The molecule has 0 bridgehead atoms. The minimum Gasteiger partial charge on any atom is -0.493 e. The summed E-state index contributed by atoms with van der Waals surface area (Å²) >= 11 is 4.57. The Hall–Kier alpha value is -0.630. The number of benzene rings is 1. The molecule has 1 nitrogen and oxygen atoms in total. The molecule has 1 aliphatic carbocycles. The van der Waals surface area contributed by atoms with Gasteiger partial charge in [0.1, 0.15) is 5.75 Å². The van der Waals surface area contributed by atoms with Crippen LogP contribution in [0.1, 0.15) is 63.9 Å². The molecule has 0 radical (unpaired) electrons. The molecule has 0 N–H and O–H groups in total. The molecule has 112 valence electrons. The molecule has 20 heavy (non-hydrogen) atoms. The lowest BCUT2D eigenvalue weighted by atomic mass is 9.76. The summed E-state index contributed by atoms with van der Waals surface area (Å²) in [5.74, 6) is 2.58. The Morgan fingerprint density at radius 3 is 2.35 bits per heavy atom. The molecule has 1 saturated carbocycles. The standard InChI is InChI=1S/C18H28OS/c1-3-15(2)16-7-9-17(10-8-16)19-13-18(14-20)11-5-4-6-12-18/h7-10,15,20H,3-6,11-14H2,1-2H3. The van der Waals surface area contributed by atoms with Gasteiger partial charge in [-0.05, 0) is 48.6 Å². The van der Waals surface area contributed by atoms with E-state index in [0.29, 0.717) is 11.3 Å². The van der Waals surface area contributed by atoms with Gasteiger partial charge in [-0.15, -0.1) is 0 Å². The predicted octanol–water partition coefficient (Wildman–Crippen LogP) is 5.46. The van der Waals surface area contributed by atoms with Gasteiger partial charge >= 0.3 is 0 Å². The van der Waals surface area contributed by atoms with E-state index in [1.54, 1.807) is 0 Å². The average molecular weight is 292 g/mol. The van der Waals surface area contributed by atoms with Crippen molar-refractivity contribution in [2.75, 3.05) is 12.4 Å². The number of hydrogen-bond donors (Lipinski definition) is 1. The normalized spacial score (nSPS) is 19.6. The maximum Gasteiger partial charge on any atom is 0.119 e. The minimum absolute atomic E-state index is 0.302. The molecule has 1 unspecified atom stereocenters. The van der Waals surface area contributed by atoms with Gasteiger partial charge < -0.3 is 4.74 Å². The van der Waals surface area contributed by atoms with Crippen LogP contribution in [0.25, 0.3) is 0 Å². The summed E-state index contributed by atoms with van der Waals surface area (Å²) in [6, 6.07) is 8.66. The Bertz CT molecular complexity index is 392. The smallest absolute Gasteiger partial charge is 0.119 e. The summed E-state index contributed by atoms with van der Waals surface area (Å²) in [6.07, 6.45) is 7.75. The quantitative estimate of drug-likeness (QED) is 0.685. The van der Waals surface area contributed by atoms with Crippen molar-refractivity contribution in [3.8, 4) is 5.75 Å². The van der Waals surface area contributed by atoms with Gasteiger partial charge in [0.05, 0.1) is 6.61 Å². The molecule has 0 saturated heterocycles. The van der Waals surface area contributed by atoms with Crippen LogP contribution in [0.4, 0.5) is 0 Å². The Labute approximate surface area is 129 Å². The van der Waals surface area contributed by atoms with E-state index in [2.05, 4.69) is 50.7 Å². The third-order valence-corrected chi connectivity index (χ3v) is 5.53. The summed E-state index contributed by atoms with van der Waals surface area (Å²) in [5, 5.41) is 0. The molecule has 1 aromatic rings. The lowest BCUT2D eigenvalue weighted by Gasteiger charge is -2.35. The SMILES string of the molecule is CCC(C)c1ccc(OCC2(CS)CCCCC2)cc1. The van der Waals surface area contributed by atoms with Crippen LogP contribution < -0.4 is 4.74 Å². The summed E-state index contributed by atoms with van der Waals surface area (Å²) in [5.41, 5.74) is 1.71. The minimum atomic E-state index is 0.302. The second-order valence-electron chi connectivity index (χ2n) is 6.39. The third kappa shape index (κ3) is 3.94. The molecule has 0 spiro atoms. The zero-order valence-electron chi connectivity index (χ0n) is 12.9. The highest BCUT2D eigenvalue weighted by Crippen LogP contribution is 2.37. The molecule has 2 heteroatoms. The monoisotopic (exact) mass is 292 g/mol. The zero-order valence-corrected chi connectivity index (χ0v) is 13.8. The second-order valence-corrected chi connectivity index (χ2v) is 6.70. The van der Waals surface area contributed by atoms with Gasteiger partial charge in [-0.25, -0.2) is 0 Å². The molecular weight excluding hydrogens is 264 g/mol. The van der Waals surface area contributed by atoms with Gasteiger partial charge in [-0.3, -0.25) is 0 Å². The lowest BCUT2D eigenvalue weighted by Crippen LogP contribution is -2.32. The van der Waals surface area contributed by atoms with Crippen LogP contribution in [0.2, 0.25) is 0 Å². The van der Waals surface area contributed by atoms with Crippen LogP contribution in [0.3, 0.4) is 0 Å². The van der Waals surface area contributed by atoms with Crippen molar-refractivity contribution in [2.45, 2.75) is 58.3 Å². The van der Waals surface area contributed by atoms with E-state index < -0.39 is 0 Å². The van der Waals surface area contributed by atoms with Crippen LogP contribution in [-0.2, 0) is 0 Å². The summed E-state index contributed by atoms with van der Waals surface area (Å²) in [6.45, 7) is 5.32. The van der Waals surface area contributed by atoms with Crippen molar-refractivity contribution < 1.29 is 4.74 Å². The van der Waals surface area contributed by atoms with E-state index in [4.69, 9.17) is 4.74 Å². The highest BCUT2D eigenvalue weighted by Gasteiger charge is 2.31. The Balaban J connectivity index is 1.92. The molecule has 0 amide bonds. The molecule has 1 fully saturated rings. The Morgan fingerprint density at radius 2 is 1.80 bits per heavy atom. The van der Waals surface area contributed by atoms with Crippen molar-refractivity contribution >= 4 is 12.6 Å². The maximum atomic E-state index is 6.06. The maximum absolute atomic E-state index is 6.06. The summed E-state index contributed by atoms with van der Waals surface area (Å²) in [4.78, 5) is 0. The molecule has 1 aliphatic rings. The van der Waals surface area contributed by atoms with Crippen LogP contribution in [-0.4, -0.2) is 12.4 Å². The van der Waals surface area contributed by atoms with Gasteiger partial charge in [-0.1, -0.05) is 45.2 Å². The third-order valence-electron chi connectivity index (χ3n) is 4.86. The van der Waals surface area contributed by atoms with Gasteiger partial charge in [0.2, 0.25) is 0 Å². The molecule has 1 atom stereocenters. The second kappa shape index (κ2) is 7.40. The topological polar surface area (TPSA) is 9.23 Å². The van der Waals surface area contributed by atoms with Crippen LogP contribution in [0.15, 0.2) is 24.3 Å². The van der Waals surface area contributed by atoms with E-state index >= 15 is 0 Å². The first-order chi connectivity index (χ1) is 9.69. The Kier molecular flexibility index (Phi) is 5.83. The number of hydrogen-bond acceptors (Lipinski definition) is 2. The van der Waals surface area contributed by atoms with E-state index in [0.717, 1.165) is 18.1 Å². The average Bonchev–Trinajstić information content (AvgIpc) is 2.53. The number of thiol groups is 1. The lowest BCUT2D eigenvalue weighted by molar-refractivity contribution is 0.121. The van der Waals surface area contributed by atoms with Gasteiger partial charge in [0, 0.05) is 5.41 Å². The highest BCUT2D eigenvalue weighted by atomic mass is 32.1. The van der Waals surface area contributed by atoms with E-state index in [1.165, 1.54) is 44.1 Å². The van der Waals surface area contributed by atoms with Crippen molar-refractivity contribution in [3.63, 3.8) is 0 Å². The molecule has 0 aliphatic heterocycles.